The van der Waals surface area contributed by atoms with Crippen LogP contribution in [0, 0.1) is 0 Å². The standard InChI is InChI=1S/C15H22N4S/c1-2-11-9-12-14(19-16)17-13(18-15(12)20-11)10-7-5-3-4-6-8-10/h9-10H,2-8,16H2,1H3,(H,17,18,19). The number of nitrogen functional groups attached to an aromatic ring is 1. The summed E-state index contributed by atoms with van der Waals surface area (Å²) in [5.41, 5.74) is 2.76. The van der Waals surface area contributed by atoms with E-state index in [4.69, 9.17) is 15.8 Å². The molecule has 1 saturated carbocycles. The van der Waals surface area contributed by atoms with Crippen LogP contribution in [0.5, 0.6) is 0 Å². The van der Waals surface area contributed by atoms with Crippen molar-refractivity contribution in [2.45, 2.75) is 57.8 Å². The molecule has 4 nitrogen and oxygen atoms in total. The highest BCUT2D eigenvalue weighted by Gasteiger charge is 2.19. The number of thiophene rings is 1. The van der Waals surface area contributed by atoms with E-state index in [1.54, 1.807) is 11.3 Å². The van der Waals surface area contributed by atoms with Crippen LogP contribution in [0.2, 0.25) is 0 Å². The van der Waals surface area contributed by atoms with E-state index in [1.807, 2.05) is 0 Å². The lowest BCUT2D eigenvalue weighted by Gasteiger charge is -2.13. The Morgan fingerprint density at radius 1 is 1.25 bits per heavy atom. The van der Waals surface area contributed by atoms with Gasteiger partial charge >= 0.3 is 0 Å². The maximum absolute atomic E-state index is 5.66. The highest BCUT2D eigenvalue weighted by Crippen LogP contribution is 2.34. The first kappa shape index (κ1) is 13.8. The van der Waals surface area contributed by atoms with Crippen molar-refractivity contribution >= 4 is 27.4 Å². The second kappa shape index (κ2) is 6.06. The molecule has 3 rings (SSSR count). The van der Waals surface area contributed by atoms with Gasteiger partial charge < -0.3 is 5.43 Å². The quantitative estimate of drug-likeness (QED) is 0.510. The minimum atomic E-state index is 0.501. The first-order valence-corrected chi connectivity index (χ1v) is 8.40. The zero-order valence-corrected chi connectivity index (χ0v) is 12.8. The van der Waals surface area contributed by atoms with Crippen LogP contribution in [0.15, 0.2) is 6.07 Å². The molecular weight excluding hydrogens is 268 g/mol. The molecule has 2 heterocycles. The number of hydrogen-bond acceptors (Lipinski definition) is 5. The minimum Gasteiger partial charge on any atom is -0.308 e. The number of nitrogens with one attached hydrogen (secondary N) is 1. The minimum absolute atomic E-state index is 0.501. The van der Waals surface area contributed by atoms with Crippen LogP contribution < -0.4 is 11.3 Å². The highest BCUT2D eigenvalue weighted by molar-refractivity contribution is 7.18. The van der Waals surface area contributed by atoms with Crippen LogP contribution >= 0.6 is 11.3 Å². The van der Waals surface area contributed by atoms with Gasteiger partial charge in [0, 0.05) is 10.8 Å². The number of aromatic nitrogens is 2. The predicted octanol–water partition coefficient (Wildman–Crippen LogP) is 3.98. The number of nitrogens with two attached hydrogens (primary N) is 1. The van der Waals surface area contributed by atoms with E-state index in [1.165, 1.54) is 43.4 Å². The third-order valence-electron chi connectivity index (χ3n) is 4.17. The van der Waals surface area contributed by atoms with Crippen molar-refractivity contribution in [2.24, 2.45) is 5.84 Å². The van der Waals surface area contributed by atoms with Crippen LogP contribution in [0.3, 0.4) is 0 Å². The molecule has 0 aromatic carbocycles. The average molecular weight is 290 g/mol. The molecule has 20 heavy (non-hydrogen) atoms. The van der Waals surface area contributed by atoms with Crippen molar-refractivity contribution in [3.05, 3.63) is 16.8 Å². The van der Waals surface area contributed by atoms with Crippen molar-refractivity contribution in [1.29, 1.82) is 0 Å². The first-order chi connectivity index (χ1) is 9.81. The number of anilines is 1. The van der Waals surface area contributed by atoms with E-state index >= 15 is 0 Å². The van der Waals surface area contributed by atoms with Crippen molar-refractivity contribution in [2.75, 3.05) is 5.43 Å². The summed E-state index contributed by atoms with van der Waals surface area (Å²) in [6, 6.07) is 2.16. The lowest BCUT2D eigenvalue weighted by Crippen LogP contribution is -2.12. The number of aryl methyl sites for hydroxylation is 1. The lowest BCUT2D eigenvalue weighted by molar-refractivity contribution is 0.563. The molecule has 0 saturated heterocycles. The van der Waals surface area contributed by atoms with Gasteiger partial charge in [-0.15, -0.1) is 11.3 Å². The smallest absolute Gasteiger partial charge is 0.152 e. The summed E-state index contributed by atoms with van der Waals surface area (Å²) in [5, 5.41) is 1.06. The molecule has 5 heteroatoms. The summed E-state index contributed by atoms with van der Waals surface area (Å²) >= 11 is 1.76. The number of hydrogen-bond donors (Lipinski definition) is 2. The Bertz CT molecular complexity index is 585. The van der Waals surface area contributed by atoms with Crippen LogP contribution in [0.25, 0.3) is 10.2 Å². The van der Waals surface area contributed by atoms with E-state index in [9.17, 15) is 0 Å². The highest BCUT2D eigenvalue weighted by atomic mass is 32.1. The third kappa shape index (κ3) is 2.65. The molecule has 1 aliphatic rings. The number of rotatable bonds is 3. The SMILES string of the molecule is CCc1cc2c(NN)nc(C3CCCCCC3)nc2s1. The number of fused-ring (bicyclic) bond motifs is 1. The maximum Gasteiger partial charge on any atom is 0.152 e. The Balaban J connectivity index is 2.02. The zero-order valence-electron chi connectivity index (χ0n) is 12.0. The van der Waals surface area contributed by atoms with Crippen LogP contribution in [-0.4, -0.2) is 9.97 Å². The Labute approximate surface area is 123 Å². The van der Waals surface area contributed by atoms with Crippen LogP contribution in [0.1, 0.15) is 62.1 Å². The molecule has 1 aliphatic carbocycles. The first-order valence-electron chi connectivity index (χ1n) is 7.58. The summed E-state index contributed by atoms with van der Waals surface area (Å²) in [5.74, 6) is 7.93. The van der Waals surface area contributed by atoms with E-state index in [2.05, 4.69) is 18.4 Å². The zero-order chi connectivity index (χ0) is 13.9. The fourth-order valence-electron chi connectivity index (χ4n) is 2.99. The van der Waals surface area contributed by atoms with Gasteiger partial charge in [0.25, 0.3) is 0 Å². The monoisotopic (exact) mass is 290 g/mol. The Hall–Kier alpha value is -1.20. The molecule has 0 aliphatic heterocycles. The summed E-state index contributed by atoms with van der Waals surface area (Å²) in [7, 11) is 0. The van der Waals surface area contributed by atoms with Gasteiger partial charge in [0.1, 0.15) is 10.7 Å². The van der Waals surface area contributed by atoms with Crippen molar-refractivity contribution in [3.8, 4) is 0 Å². The van der Waals surface area contributed by atoms with Crippen LogP contribution in [0.4, 0.5) is 5.82 Å². The number of hydrazine groups is 1. The Morgan fingerprint density at radius 2 is 2.00 bits per heavy atom. The summed E-state index contributed by atoms with van der Waals surface area (Å²) < 4.78 is 0. The molecule has 3 N–H and O–H groups in total. The largest absolute Gasteiger partial charge is 0.308 e. The van der Waals surface area contributed by atoms with Crippen LogP contribution in [-0.2, 0) is 6.42 Å². The fraction of sp³-hybridized carbons (Fsp3) is 0.600. The molecule has 0 bridgehead atoms. The molecular formula is C15H22N4S. The van der Waals surface area contributed by atoms with Gasteiger partial charge in [-0.1, -0.05) is 32.6 Å². The van der Waals surface area contributed by atoms with Gasteiger partial charge in [-0.2, -0.15) is 0 Å². The van der Waals surface area contributed by atoms with Crippen molar-refractivity contribution in [3.63, 3.8) is 0 Å². The molecule has 2 aromatic rings. The topological polar surface area (TPSA) is 63.8 Å². The molecule has 0 radical (unpaired) electrons. The molecule has 1 fully saturated rings. The van der Waals surface area contributed by atoms with E-state index < -0.39 is 0 Å². The second-order valence-electron chi connectivity index (χ2n) is 5.55. The van der Waals surface area contributed by atoms with E-state index in [0.29, 0.717) is 5.92 Å². The summed E-state index contributed by atoms with van der Waals surface area (Å²) in [4.78, 5) is 11.9. The molecule has 0 unspecified atom stereocenters. The molecule has 0 spiro atoms. The summed E-state index contributed by atoms with van der Waals surface area (Å²) in [6.07, 6.45) is 8.73. The summed E-state index contributed by atoms with van der Waals surface area (Å²) in [6.45, 7) is 2.17. The average Bonchev–Trinajstić information content (AvgIpc) is 2.70. The maximum atomic E-state index is 5.66. The Morgan fingerprint density at radius 3 is 2.65 bits per heavy atom. The Kier molecular flexibility index (Phi) is 4.17. The van der Waals surface area contributed by atoms with Gasteiger partial charge in [-0.05, 0) is 25.3 Å². The fourth-order valence-corrected chi connectivity index (χ4v) is 3.97. The van der Waals surface area contributed by atoms with Gasteiger partial charge in [0.15, 0.2) is 5.82 Å². The van der Waals surface area contributed by atoms with Gasteiger partial charge in [0.05, 0.1) is 5.39 Å². The molecule has 0 amide bonds. The van der Waals surface area contributed by atoms with E-state index in [-0.39, 0.29) is 0 Å². The lowest BCUT2D eigenvalue weighted by atomic mass is 9.99. The number of nitrogens with zero attached hydrogens (tertiary/aromatic N) is 2. The molecule has 0 atom stereocenters. The van der Waals surface area contributed by atoms with Gasteiger partial charge in [-0.25, -0.2) is 15.8 Å². The predicted molar refractivity (Wildman–Crippen MR) is 85.0 cm³/mol. The van der Waals surface area contributed by atoms with Gasteiger partial charge in [0.2, 0.25) is 0 Å². The van der Waals surface area contributed by atoms with Gasteiger partial charge in [-0.3, -0.25) is 0 Å². The normalized spacial score (nSPS) is 17.3. The third-order valence-corrected chi connectivity index (χ3v) is 5.34. The van der Waals surface area contributed by atoms with Crippen molar-refractivity contribution < 1.29 is 0 Å². The second-order valence-corrected chi connectivity index (χ2v) is 6.66. The van der Waals surface area contributed by atoms with E-state index in [0.717, 1.165) is 28.3 Å². The molecule has 2 aromatic heterocycles. The van der Waals surface area contributed by atoms with Crippen molar-refractivity contribution in [1.82, 2.24) is 9.97 Å². The molecule has 108 valence electrons.